The lowest BCUT2D eigenvalue weighted by Crippen LogP contribution is -2.02. The molecule has 0 aliphatic rings. The molecule has 0 fully saturated rings. The standard InChI is InChI=1S/C9H10BrClN2/c1-2-3-4-12-9-8(11)5-7(10)6-13-9/h2,5-6H,1,3-4H2,(H,12,13). The Bertz CT molecular complexity index is 302. The van der Waals surface area contributed by atoms with Gasteiger partial charge in [0.1, 0.15) is 5.82 Å². The zero-order valence-electron chi connectivity index (χ0n) is 7.06. The number of rotatable bonds is 4. The summed E-state index contributed by atoms with van der Waals surface area (Å²) < 4.78 is 0.881. The van der Waals surface area contributed by atoms with Crippen LogP contribution in [0.5, 0.6) is 0 Å². The molecule has 1 heterocycles. The van der Waals surface area contributed by atoms with Gasteiger partial charge >= 0.3 is 0 Å². The highest BCUT2D eigenvalue weighted by Gasteiger charge is 2.00. The molecule has 0 radical (unpaired) electrons. The Morgan fingerprint density at radius 2 is 2.46 bits per heavy atom. The molecule has 0 atom stereocenters. The molecule has 13 heavy (non-hydrogen) atoms. The molecule has 0 bridgehead atoms. The predicted octanol–water partition coefficient (Wildman–Crippen LogP) is 3.49. The van der Waals surface area contributed by atoms with Gasteiger partial charge in [-0.25, -0.2) is 4.98 Å². The third-order valence-corrected chi connectivity index (χ3v) is 2.17. The minimum absolute atomic E-state index is 0.624. The van der Waals surface area contributed by atoms with Gasteiger partial charge in [0.2, 0.25) is 0 Å². The van der Waals surface area contributed by atoms with Crippen molar-refractivity contribution in [3.63, 3.8) is 0 Å². The Balaban J connectivity index is 2.61. The predicted molar refractivity (Wildman–Crippen MR) is 60.3 cm³/mol. The van der Waals surface area contributed by atoms with E-state index >= 15 is 0 Å². The molecular weight excluding hydrogens is 251 g/mol. The molecule has 1 aromatic heterocycles. The van der Waals surface area contributed by atoms with E-state index in [1.807, 2.05) is 12.1 Å². The maximum atomic E-state index is 5.93. The van der Waals surface area contributed by atoms with E-state index in [1.54, 1.807) is 6.20 Å². The first kappa shape index (κ1) is 10.5. The molecule has 1 N–H and O–H groups in total. The maximum Gasteiger partial charge on any atom is 0.144 e. The molecular formula is C9H10BrClN2. The van der Waals surface area contributed by atoms with E-state index in [1.165, 1.54) is 0 Å². The van der Waals surface area contributed by atoms with E-state index in [0.29, 0.717) is 10.8 Å². The average molecular weight is 262 g/mol. The molecule has 0 saturated carbocycles. The Morgan fingerprint density at radius 1 is 1.69 bits per heavy atom. The molecule has 2 nitrogen and oxygen atoms in total. The Morgan fingerprint density at radius 3 is 3.08 bits per heavy atom. The molecule has 1 rings (SSSR count). The lowest BCUT2D eigenvalue weighted by Gasteiger charge is -2.05. The maximum absolute atomic E-state index is 5.93. The van der Waals surface area contributed by atoms with Crippen LogP contribution in [0.2, 0.25) is 5.02 Å². The van der Waals surface area contributed by atoms with Crippen molar-refractivity contribution in [1.82, 2.24) is 4.98 Å². The number of hydrogen-bond donors (Lipinski definition) is 1. The summed E-state index contributed by atoms with van der Waals surface area (Å²) in [4.78, 5) is 4.13. The van der Waals surface area contributed by atoms with Crippen LogP contribution in [0.4, 0.5) is 5.82 Å². The van der Waals surface area contributed by atoms with Crippen molar-refractivity contribution in [2.24, 2.45) is 0 Å². The van der Waals surface area contributed by atoms with Gasteiger partial charge in [0.05, 0.1) is 5.02 Å². The van der Waals surface area contributed by atoms with Gasteiger partial charge in [-0.2, -0.15) is 0 Å². The topological polar surface area (TPSA) is 24.9 Å². The van der Waals surface area contributed by atoms with Crippen LogP contribution in [0, 0.1) is 0 Å². The minimum atomic E-state index is 0.624. The smallest absolute Gasteiger partial charge is 0.144 e. The number of aromatic nitrogens is 1. The highest BCUT2D eigenvalue weighted by Crippen LogP contribution is 2.22. The zero-order valence-corrected chi connectivity index (χ0v) is 9.40. The van der Waals surface area contributed by atoms with Gasteiger partial charge in [-0.05, 0) is 28.4 Å². The monoisotopic (exact) mass is 260 g/mol. The van der Waals surface area contributed by atoms with Crippen LogP contribution in [-0.4, -0.2) is 11.5 Å². The van der Waals surface area contributed by atoms with Crippen molar-refractivity contribution >= 4 is 33.3 Å². The van der Waals surface area contributed by atoms with Crippen LogP contribution in [0.15, 0.2) is 29.4 Å². The third-order valence-electron chi connectivity index (χ3n) is 1.45. The van der Waals surface area contributed by atoms with Crippen molar-refractivity contribution in [2.45, 2.75) is 6.42 Å². The lowest BCUT2D eigenvalue weighted by atomic mass is 10.4. The van der Waals surface area contributed by atoms with Crippen molar-refractivity contribution in [3.8, 4) is 0 Å². The van der Waals surface area contributed by atoms with E-state index in [0.717, 1.165) is 17.4 Å². The number of nitrogens with one attached hydrogen (secondary N) is 1. The first-order valence-electron chi connectivity index (χ1n) is 3.90. The van der Waals surface area contributed by atoms with E-state index in [-0.39, 0.29) is 0 Å². The third kappa shape index (κ3) is 3.36. The number of anilines is 1. The number of halogens is 2. The van der Waals surface area contributed by atoms with Crippen molar-refractivity contribution in [1.29, 1.82) is 0 Å². The van der Waals surface area contributed by atoms with Crippen LogP contribution in [0.25, 0.3) is 0 Å². The van der Waals surface area contributed by atoms with Crippen LogP contribution in [-0.2, 0) is 0 Å². The van der Waals surface area contributed by atoms with Gasteiger partial charge < -0.3 is 5.32 Å². The van der Waals surface area contributed by atoms with Crippen molar-refractivity contribution in [3.05, 3.63) is 34.4 Å². The summed E-state index contributed by atoms with van der Waals surface area (Å²) in [5.41, 5.74) is 0. The molecule has 4 heteroatoms. The van der Waals surface area contributed by atoms with E-state index < -0.39 is 0 Å². The van der Waals surface area contributed by atoms with Crippen LogP contribution in [0.3, 0.4) is 0 Å². The van der Waals surface area contributed by atoms with E-state index in [4.69, 9.17) is 11.6 Å². The summed E-state index contributed by atoms with van der Waals surface area (Å²) in [6, 6.07) is 1.81. The van der Waals surface area contributed by atoms with Crippen LogP contribution < -0.4 is 5.32 Å². The summed E-state index contributed by atoms with van der Waals surface area (Å²) in [6.45, 7) is 4.43. The number of pyridine rings is 1. The van der Waals surface area contributed by atoms with E-state index in [2.05, 4.69) is 32.8 Å². The SMILES string of the molecule is C=CCCNc1ncc(Br)cc1Cl. The zero-order chi connectivity index (χ0) is 9.68. The molecule has 0 amide bonds. The first-order chi connectivity index (χ1) is 6.24. The van der Waals surface area contributed by atoms with Gasteiger partial charge in [0.15, 0.2) is 0 Å². The Labute approximate surface area is 91.1 Å². The summed E-state index contributed by atoms with van der Waals surface area (Å²) in [6.07, 6.45) is 4.45. The summed E-state index contributed by atoms with van der Waals surface area (Å²) in [7, 11) is 0. The highest BCUT2D eigenvalue weighted by atomic mass is 79.9. The second-order valence-electron chi connectivity index (χ2n) is 2.49. The quantitative estimate of drug-likeness (QED) is 0.663. The normalized spacial score (nSPS) is 9.69. The lowest BCUT2D eigenvalue weighted by molar-refractivity contribution is 1.05. The molecule has 70 valence electrons. The second-order valence-corrected chi connectivity index (χ2v) is 3.81. The van der Waals surface area contributed by atoms with Gasteiger partial charge in [-0.1, -0.05) is 17.7 Å². The number of nitrogens with zero attached hydrogens (tertiary/aromatic N) is 1. The average Bonchev–Trinajstić information content (AvgIpc) is 2.09. The first-order valence-corrected chi connectivity index (χ1v) is 5.07. The largest absolute Gasteiger partial charge is 0.369 e. The summed E-state index contributed by atoms with van der Waals surface area (Å²) in [5, 5.41) is 3.73. The Kier molecular flexibility index (Phi) is 4.25. The fraction of sp³-hybridized carbons (Fsp3) is 0.222. The summed E-state index contributed by atoms with van der Waals surface area (Å²) in [5.74, 6) is 0.715. The number of hydrogen-bond acceptors (Lipinski definition) is 2. The molecule has 1 aromatic rings. The fourth-order valence-corrected chi connectivity index (χ4v) is 1.53. The van der Waals surface area contributed by atoms with Crippen molar-refractivity contribution < 1.29 is 0 Å². The molecule has 0 unspecified atom stereocenters. The minimum Gasteiger partial charge on any atom is -0.369 e. The van der Waals surface area contributed by atoms with Gasteiger partial charge in [-0.3, -0.25) is 0 Å². The summed E-state index contributed by atoms with van der Waals surface area (Å²) >= 11 is 9.21. The molecule has 0 aliphatic carbocycles. The van der Waals surface area contributed by atoms with Crippen molar-refractivity contribution in [2.75, 3.05) is 11.9 Å². The Hall–Kier alpha value is -0.540. The van der Waals surface area contributed by atoms with Crippen LogP contribution in [0.1, 0.15) is 6.42 Å². The highest BCUT2D eigenvalue weighted by molar-refractivity contribution is 9.10. The van der Waals surface area contributed by atoms with Crippen LogP contribution >= 0.6 is 27.5 Å². The fourth-order valence-electron chi connectivity index (χ4n) is 0.837. The molecule has 0 aromatic carbocycles. The second kappa shape index (κ2) is 5.25. The van der Waals surface area contributed by atoms with Gasteiger partial charge in [0.25, 0.3) is 0 Å². The van der Waals surface area contributed by atoms with Gasteiger partial charge in [-0.15, -0.1) is 6.58 Å². The molecule has 0 saturated heterocycles. The molecule has 0 aliphatic heterocycles. The van der Waals surface area contributed by atoms with Gasteiger partial charge in [0, 0.05) is 17.2 Å². The van der Waals surface area contributed by atoms with E-state index in [9.17, 15) is 0 Å². The molecule has 0 spiro atoms.